The van der Waals surface area contributed by atoms with Crippen molar-refractivity contribution < 1.29 is 18.0 Å². The van der Waals surface area contributed by atoms with Gasteiger partial charge in [-0.3, -0.25) is 9.20 Å². The molecule has 0 aliphatic carbocycles. The van der Waals surface area contributed by atoms with E-state index in [0.717, 1.165) is 12.1 Å². The number of rotatable bonds is 2. The molecule has 0 spiro atoms. The van der Waals surface area contributed by atoms with Gasteiger partial charge in [0.1, 0.15) is 6.33 Å². The number of nitrogens with one attached hydrogen (secondary N) is 1. The van der Waals surface area contributed by atoms with Crippen molar-refractivity contribution in [3.8, 4) is 0 Å². The zero-order chi connectivity index (χ0) is 15.7. The lowest BCUT2D eigenvalue weighted by Crippen LogP contribution is -2.19. The molecule has 1 N–H and O–H groups in total. The van der Waals surface area contributed by atoms with E-state index < -0.39 is 23.2 Å². The fraction of sp³-hybridized carbons (Fsp3) is 0.0714. The van der Waals surface area contributed by atoms with Crippen LogP contribution >= 0.6 is 0 Å². The van der Waals surface area contributed by atoms with E-state index in [1.807, 2.05) is 0 Å². The van der Waals surface area contributed by atoms with Crippen LogP contribution in [0.25, 0.3) is 5.65 Å². The van der Waals surface area contributed by atoms with Gasteiger partial charge in [-0.05, 0) is 24.3 Å². The molecule has 0 unspecified atom stereocenters. The number of amides is 1. The summed E-state index contributed by atoms with van der Waals surface area (Å²) in [7, 11) is 0. The number of nitrogens with zero attached hydrogens (tertiary/aromatic N) is 3. The first-order valence-corrected chi connectivity index (χ1v) is 6.23. The lowest BCUT2D eigenvalue weighted by molar-refractivity contribution is -0.137. The molecule has 22 heavy (non-hydrogen) atoms. The molecule has 5 nitrogen and oxygen atoms in total. The third-order valence-corrected chi connectivity index (χ3v) is 3.05. The van der Waals surface area contributed by atoms with Crippen LogP contribution in [0.4, 0.5) is 18.9 Å². The molecule has 0 saturated carbocycles. The first kappa shape index (κ1) is 14.1. The van der Waals surface area contributed by atoms with E-state index in [2.05, 4.69) is 15.5 Å². The van der Waals surface area contributed by atoms with Crippen molar-refractivity contribution in [1.29, 1.82) is 0 Å². The highest BCUT2D eigenvalue weighted by Gasteiger charge is 2.34. The smallest absolute Gasteiger partial charge is 0.319 e. The van der Waals surface area contributed by atoms with Crippen LogP contribution in [0.5, 0.6) is 0 Å². The van der Waals surface area contributed by atoms with E-state index in [9.17, 15) is 18.0 Å². The summed E-state index contributed by atoms with van der Waals surface area (Å²) < 4.78 is 40.4. The molecule has 0 fully saturated rings. The van der Waals surface area contributed by atoms with Gasteiger partial charge in [0.25, 0.3) is 5.91 Å². The van der Waals surface area contributed by atoms with Gasteiger partial charge in [-0.25, -0.2) is 0 Å². The van der Waals surface area contributed by atoms with Gasteiger partial charge in [0, 0.05) is 6.20 Å². The largest absolute Gasteiger partial charge is 0.417 e. The van der Waals surface area contributed by atoms with Gasteiger partial charge in [-0.2, -0.15) is 13.2 Å². The van der Waals surface area contributed by atoms with Crippen molar-refractivity contribution in [1.82, 2.24) is 14.6 Å². The molecule has 8 heteroatoms. The average Bonchev–Trinajstić information content (AvgIpc) is 2.96. The van der Waals surface area contributed by atoms with Gasteiger partial charge in [0.2, 0.25) is 0 Å². The predicted molar refractivity (Wildman–Crippen MR) is 72.4 cm³/mol. The first-order valence-electron chi connectivity index (χ1n) is 6.23. The third-order valence-electron chi connectivity index (χ3n) is 3.05. The molecule has 1 amide bonds. The molecule has 2 aromatic heterocycles. The highest BCUT2D eigenvalue weighted by Crippen LogP contribution is 2.32. The molecule has 0 aliphatic heterocycles. The number of hydrogen-bond donors (Lipinski definition) is 1. The lowest BCUT2D eigenvalue weighted by atomic mass is 10.1. The number of anilines is 1. The molecule has 0 saturated heterocycles. The molecule has 3 rings (SSSR count). The zero-order valence-electron chi connectivity index (χ0n) is 11.0. The summed E-state index contributed by atoms with van der Waals surface area (Å²) in [4.78, 5) is 12.2. The summed E-state index contributed by atoms with van der Waals surface area (Å²) in [6.45, 7) is 0. The number of alkyl halides is 3. The van der Waals surface area contributed by atoms with Crippen molar-refractivity contribution in [3.63, 3.8) is 0 Å². The normalized spacial score (nSPS) is 11.6. The molecule has 1 aromatic carbocycles. The minimum absolute atomic E-state index is 0.280. The Kier molecular flexibility index (Phi) is 3.28. The predicted octanol–water partition coefficient (Wildman–Crippen LogP) is 3.00. The lowest BCUT2D eigenvalue weighted by Gasteiger charge is -2.12. The monoisotopic (exact) mass is 306 g/mol. The fourth-order valence-electron chi connectivity index (χ4n) is 2.07. The SMILES string of the molecule is O=C(Nc1cccn2cnnc12)c1ccccc1C(F)(F)F. The minimum Gasteiger partial charge on any atom is -0.319 e. The van der Waals surface area contributed by atoms with Gasteiger partial charge < -0.3 is 5.32 Å². The second-order valence-corrected chi connectivity index (χ2v) is 4.48. The fourth-order valence-corrected chi connectivity index (χ4v) is 2.07. The molecule has 0 radical (unpaired) electrons. The molecule has 2 heterocycles. The summed E-state index contributed by atoms with van der Waals surface area (Å²) in [6.07, 6.45) is -1.52. The summed E-state index contributed by atoms with van der Waals surface area (Å²) in [5.74, 6) is -0.857. The van der Waals surface area contributed by atoms with E-state index >= 15 is 0 Å². The van der Waals surface area contributed by atoms with E-state index in [0.29, 0.717) is 5.65 Å². The van der Waals surface area contributed by atoms with Gasteiger partial charge in [0.05, 0.1) is 16.8 Å². The molecule has 0 bridgehead atoms. The number of aromatic nitrogens is 3. The molecule has 0 atom stereocenters. The average molecular weight is 306 g/mol. The number of pyridine rings is 1. The summed E-state index contributed by atoms with van der Waals surface area (Å²) in [5, 5.41) is 9.93. The van der Waals surface area contributed by atoms with Crippen LogP contribution in [0, 0.1) is 0 Å². The molecule has 112 valence electrons. The third kappa shape index (κ3) is 2.50. The number of carbonyl (C=O) groups is 1. The van der Waals surface area contributed by atoms with Gasteiger partial charge in [-0.15, -0.1) is 10.2 Å². The Morgan fingerprint density at radius 3 is 2.68 bits per heavy atom. The second kappa shape index (κ2) is 5.14. The Bertz CT molecular complexity index is 841. The Hall–Kier alpha value is -2.90. The topological polar surface area (TPSA) is 59.3 Å². The first-order chi connectivity index (χ1) is 10.5. The Labute approximate surface area is 122 Å². The molecular formula is C14H9F3N4O. The van der Waals surface area contributed by atoms with E-state index in [-0.39, 0.29) is 5.69 Å². The highest BCUT2D eigenvalue weighted by atomic mass is 19.4. The summed E-state index contributed by atoms with van der Waals surface area (Å²) in [5.41, 5.74) is -0.806. The zero-order valence-corrected chi connectivity index (χ0v) is 11.0. The van der Waals surface area contributed by atoms with Crippen LogP contribution in [-0.2, 0) is 6.18 Å². The number of carbonyl (C=O) groups excluding carboxylic acids is 1. The van der Waals surface area contributed by atoms with Gasteiger partial charge in [0.15, 0.2) is 5.65 Å². The van der Waals surface area contributed by atoms with Crippen LogP contribution in [-0.4, -0.2) is 20.5 Å². The van der Waals surface area contributed by atoms with Crippen molar-refractivity contribution in [2.75, 3.05) is 5.32 Å². The van der Waals surface area contributed by atoms with Crippen LogP contribution < -0.4 is 5.32 Å². The minimum atomic E-state index is -4.60. The summed E-state index contributed by atoms with van der Waals surface area (Å²) >= 11 is 0. The maximum absolute atomic E-state index is 12.9. The number of halogens is 3. The molecule has 3 aromatic rings. The Morgan fingerprint density at radius 1 is 1.14 bits per heavy atom. The highest BCUT2D eigenvalue weighted by molar-refractivity contribution is 6.07. The van der Waals surface area contributed by atoms with E-state index in [1.54, 1.807) is 16.7 Å². The molecular weight excluding hydrogens is 297 g/mol. The standard InChI is InChI=1S/C14H9F3N4O/c15-14(16,17)10-5-2-1-4-9(10)13(22)19-11-6-3-7-21-8-18-20-12(11)21/h1-8H,(H,19,22). The summed E-state index contributed by atoms with van der Waals surface area (Å²) in [6, 6.07) is 7.77. The van der Waals surface area contributed by atoms with Crippen molar-refractivity contribution in [3.05, 3.63) is 60.0 Å². The van der Waals surface area contributed by atoms with E-state index in [4.69, 9.17) is 0 Å². The number of hydrogen-bond acceptors (Lipinski definition) is 3. The van der Waals surface area contributed by atoms with Crippen LogP contribution in [0.3, 0.4) is 0 Å². The van der Waals surface area contributed by atoms with Crippen LogP contribution in [0.1, 0.15) is 15.9 Å². The Balaban J connectivity index is 1.98. The van der Waals surface area contributed by atoms with Crippen LogP contribution in [0.15, 0.2) is 48.9 Å². The number of benzene rings is 1. The van der Waals surface area contributed by atoms with E-state index in [1.165, 1.54) is 24.5 Å². The quantitative estimate of drug-likeness (QED) is 0.792. The van der Waals surface area contributed by atoms with Crippen molar-refractivity contribution >= 4 is 17.2 Å². The van der Waals surface area contributed by atoms with Crippen molar-refractivity contribution in [2.45, 2.75) is 6.18 Å². The van der Waals surface area contributed by atoms with Crippen LogP contribution in [0.2, 0.25) is 0 Å². The van der Waals surface area contributed by atoms with Gasteiger partial charge in [-0.1, -0.05) is 12.1 Å². The Morgan fingerprint density at radius 2 is 1.91 bits per heavy atom. The molecule has 0 aliphatic rings. The van der Waals surface area contributed by atoms with Gasteiger partial charge >= 0.3 is 6.18 Å². The maximum atomic E-state index is 12.9. The number of fused-ring (bicyclic) bond motifs is 1. The maximum Gasteiger partial charge on any atom is 0.417 e. The van der Waals surface area contributed by atoms with Crippen molar-refractivity contribution in [2.24, 2.45) is 0 Å². The second-order valence-electron chi connectivity index (χ2n) is 4.48.